The molecule has 1 aromatic carbocycles. The van der Waals surface area contributed by atoms with Crippen molar-refractivity contribution in [1.29, 1.82) is 0 Å². The summed E-state index contributed by atoms with van der Waals surface area (Å²) in [5, 5.41) is 0. The molecular formula is C11H9FN2O. The molecule has 0 radical (unpaired) electrons. The molecule has 0 N–H and O–H groups in total. The predicted molar refractivity (Wildman–Crippen MR) is 53.2 cm³/mol. The molecule has 0 spiro atoms. The average molecular weight is 204 g/mol. The van der Waals surface area contributed by atoms with Gasteiger partial charge in [0.2, 0.25) is 0 Å². The molecule has 0 aliphatic carbocycles. The summed E-state index contributed by atoms with van der Waals surface area (Å²) in [6.45, 7) is 1.82. The zero-order valence-electron chi connectivity index (χ0n) is 8.14. The van der Waals surface area contributed by atoms with Gasteiger partial charge in [-0.1, -0.05) is 12.1 Å². The van der Waals surface area contributed by atoms with Crippen molar-refractivity contribution < 1.29 is 9.13 Å². The van der Waals surface area contributed by atoms with Gasteiger partial charge in [0, 0.05) is 11.9 Å². The molecule has 0 bridgehead atoms. The van der Waals surface area contributed by atoms with Crippen molar-refractivity contribution in [2.75, 3.05) is 0 Å². The number of aromatic nitrogens is 2. The van der Waals surface area contributed by atoms with Crippen LogP contribution in [0.3, 0.4) is 0 Å². The Labute approximate surface area is 86.6 Å². The lowest BCUT2D eigenvalue weighted by Gasteiger charge is -2.04. The Morgan fingerprint density at radius 3 is 2.73 bits per heavy atom. The monoisotopic (exact) mass is 204 g/mol. The van der Waals surface area contributed by atoms with Crippen LogP contribution >= 0.6 is 0 Å². The molecule has 0 aliphatic rings. The van der Waals surface area contributed by atoms with E-state index < -0.39 is 5.82 Å². The third-order valence-electron chi connectivity index (χ3n) is 1.81. The summed E-state index contributed by atoms with van der Waals surface area (Å²) in [7, 11) is 0. The number of nitrogens with zero attached hydrogens (tertiary/aromatic N) is 2. The minimum absolute atomic E-state index is 0.128. The van der Waals surface area contributed by atoms with Crippen molar-refractivity contribution in [2.45, 2.75) is 6.92 Å². The molecule has 76 valence electrons. The Morgan fingerprint density at radius 1 is 1.20 bits per heavy atom. The van der Waals surface area contributed by atoms with Crippen LogP contribution in [0.5, 0.6) is 11.8 Å². The van der Waals surface area contributed by atoms with Crippen molar-refractivity contribution >= 4 is 0 Å². The van der Waals surface area contributed by atoms with Crippen molar-refractivity contribution in [1.82, 2.24) is 9.97 Å². The SMILES string of the molecule is Cc1ccnc(Oc2ccccc2F)n1. The Morgan fingerprint density at radius 2 is 2.00 bits per heavy atom. The lowest BCUT2D eigenvalue weighted by atomic mass is 10.3. The van der Waals surface area contributed by atoms with Crippen LogP contribution in [0.15, 0.2) is 36.5 Å². The third kappa shape index (κ3) is 2.28. The largest absolute Gasteiger partial charge is 0.421 e. The Bertz CT molecular complexity index is 474. The zero-order valence-corrected chi connectivity index (χ0v) is 8.14. The second kappa shape index (κ2) is 4.04. The Kier molecular flexibility index (Phi) is 2.58. The van der Waals surface area contributed by atoms with Crippen molar-refractivity contribution in [3.63, 3.8) is 0 Å². The van der Waals surface area contributed by atoms with E-state index in [0.29, 0.717) is 0 Å². The maximum atomic E-state index is 13.2. The van der Waals surface area contributed by atoms with Gasteiger partial charge in [-0.05, 0) is 25.1 Å². The van der Waals surface area contributed by atoms with E-state index in [9.17, 15) is 4.39 Å². The summed E-state index contributed by atoms with van der Waals surface area (Å²) in [5.74, 6) is -0.300. The Balaban J connectivity index is 2.26. The van der Waals surface area contributed by atoms with Crippen molar-refractivity contribution in [3.05, 3.63) is 48.0 Å². The second-order valence-electron chi connectivity index (χ2n) is 3.01. The molecule has 0 unspecified atom stereocenters. The van der Waals surface area contributed by atoms with Crippen molar-refractivity contribution in [3.8, 4) is 11.8 Å². The second-order valence-corrected chi connectivity index (χ2v) is 3.01. The van der Waals surface area contributed by atoms with E-state index >= 15 is 0 Å². The van der Waals surface area contributed by atoms with E-state index in [-0.39, 0.29) is 11.8 Å². The van der Waals surface area contributed by atoms with Gasteiger partial charge < -0.3 is 4.74 Å². The highest BCUT2D eigenvalue weighted by Gasteiger charge is 2.04. The van der Waals surface area contributed by atoms with E-state index in [0.717, 1.165) is 5.69 Å². The first kappa shape index (κ1) is 9.58. The molecule has 0 saturated carbocycles. The maximum absolute atomic E-state index is 13.2. The van der Waals surface area contributed by atoms with Gasteiger partial charge >= 0.3 is 6.01 Å². The molecule has 0 saturated heterocycles. The molecule has 15 heavy (non-hydrogen) atoms. The molecule has 0 fully saturated rings. The van der Waals surface area contributed by atoms with Crippen LogP contribution in [0.25, 0.3) is 0 Å². The van der Waals surface area contributed by atoms with Gasteiger partial charge in [-0.2, -0.15) is 0 Å². The number of hydrogen-bond acceptors (Lipinski definition) is 3. The highest BCUT2D eigenvalue weighted by molar-refractivity contribution is 5.26. The number of benzene rings is 1. The molecule has 0 atom stereocenters. The van der Waals surface area contributed by atoms with Gasteiger partial charge in [-0.25, -0.2) is 14.4 Å². The number of halogens is 1. The van der Waals surface area contributed by atoms with E-state index in [4.69, 9.17) is 4.74 Å². The summed E-state index contributed by atoms with van der Waals surface area (Å²) in [6, 6.07) is 8.04. The van der Waals surface area contributed by atoms with Gasteiger partial charge in [0.1, 0.15) is 0 Å². The lowest BCUT2D eigenvalue weighted by molar-refractivity contribution is 0.410. The number of para-hydroxylation sites is 1. The van der Waals surface area contributed by atoms with Gasteiger partial charge in [-0.3, -0.25) is 0 Å². The minimum Gasteiger partial charge on any atom is -0.421 e. The van der Waals surface area contributed by atoms with Crippen LogP contribution in [0, 0.1) is 12.7 Å². The zero-order chi connectivity index (χ0) is 10.7. The standard InChI is InChI=1S/C11H9FN2O/c1-8-6-7-13-11(14-8)15-10-5-3-2-4-9(10)12/h2-7H,1H3. The van der Waals surface area contributed by atoms with E-state index in [1.165, 1.54) is 12.1 Å². The first-order valence-corrected chi connectivity index (χ1v) is 4.48. The normalized spacial score (nSPS) is 10.0. The summed E-state index contributed by atoms with van der Waals surface area (Å²) in [6.07, 6.45) is 1.57. The molecule has 3 nitrogen and oxygen atoms in total. The highest BCUT2D eigenvalue weighted by Crippen LogP contribution is 2.20. The van der Waals surface area contributed by atoms with Crippen molar-refractivity contribution in [2.24, 2.45) is 0 Å². The quantitative estimate of drug-likeness (QED) is 0.754. The molecule has 1 aromatic heterocycles. The minimum atomic E-state index is -0.428. The molecule has 1 heterocycles. The average Bonchev–Trinajstić information content (AvgIpc) is 2.22. The number of rotatable bonds is 2. The van der Waals surface area contributed by atoms with E-state index in [2.05, 4.69) is 9.97 Å². The van der Waals surface area contributed by atoms with Crippen LogP contribution in [0.2, 0.25) is 0 Å². The summed E-state index contributed by atoms with van der Waals surface area (Å²) < 4.78 is 18.4. The molecular weight excluding hydrogens is 195 g/mol. The fourth-order valence-corrected chi connectivity index (χ4v) is 1.10. The first-order valence-electron chi connectivity index (χ1n) is 4.48. The van der Waals surface area contributed by atoms with Crippen LogP contribution < -0.4 is 4.74 Å². The van der Waals surface area contributed by atoms with Crippen LogP contribution in [0.4, 0.5) is 4.39 Å². The number of aryl methyl sites for hydroxylation is 1. The van der Waals surface area contributed by atoms with Crippen LogP contribution in [-0.2, 0) is 0 Å². The summed E-state index contributed by atoms with van der Waals surface area (Å²) in [4.78, 5) is 7.89. The Hall–Kier alpha value is -1.97. The molecule has 0 amide bonds. The third-order valence-corrected chi connectivity index (χ3v) is 1.81. The van der Waals surface area contributed by atoms with Crippen LogP contribution in [-0.4, -0.2) is 9.97 Å². The maximum Gasteiger partial charge on any atom is 0.322 e. The fourth-order valence-electron chi connectivity index (χ4n) is 1.10. The number of ether oxygens (including phenoxy) is 1. The summed E-state index contributed by atoms with van der Waals surface area (Å²) >= 11 is 0. The van der Waals surface area contributed by atoms with Gasteiger partial charge in [-0.15, -0.1) is 0 Å². The van der Waals surface area contributed by atoms with Gasteiger partial charge in [0.05, 0.1) is 0 Å². The molecule has 2 aromatic rings. The number of hydrogen-bond donors (Lipinski definition) is 0. The van der Waals surface area contributed by atoms with Gasteiger partial charge in [0.25, 0.3) is 0 Å². The first-order chi connectivity index (χ1) is 7.25. The van der Waals surface area contributed by atoms with E-state index in [1.54, 1.807) is 24.4 Å². The van der Waals surface area contributed by atoms with Crippen LogP contribution in [0.1, 0.15) is 5.69 Å². The molecule has 0 aliphatic heterocycles. The molecule has 4 heteroatoms. The van der Waals surface area contributed by atoms with Gasteiger partial charge in [0.15, 0.2) is 11.6 Å². The lowest BCUT2D eigenvalue weighted by Crippen LogP contribution is -1.94. The predicted octanol–water partition coefficient (Wildman–Crippen LogP) is 2.72. The smallest absolute Gasteiger partial charge is 0.322 e. The highest BCUT2D eigenvalue weighted by atomic mass is 19.1. The molecule has 2 rings (SSSR count). The summed E-state index contributed by atoms with van der Waals surface area (Å²) in [5.41, 5.74) is 0.774. The topological polar surface area (TPSA) is 35.0 Å². The fraction of sp³-hybridized carbons (Fsp3) is 0.0909. The van der Waals surface area contributed by atoms with E-state index in [1.807, 2.05) is 6.92 Å².